The molecule has 0 radical (unpaired) electrons. The highest BCUT2D eigenvalue weighted by Gasteiger charge is 2.18. The number of amides is 1. The number of aromatic nitrogens is 1. The van der Waals surface area contributed by atoms with Crippen molar-refractivity contribution in [2.24, 2.45) is 5.10 Å². The molecule has 0 saturated carbocycles. The normalized spacial score (nSPS) is 10.9. The van der Waals surface area contributed by atoms with Gasteiger partial charge in [-0.1, -0.05) is 35.1 Å². The Labute approximate surface area is 198 Å². The first kappa shape index (κ1) is 22.4. The molecule has 2 heterocycles. The molecule has 2 aromatic heterocycles. The number of carbonyl (C=O) groups is 1. The Morgan fingerprint density at radius 2 is 1.91 bits per heavy atom. The minimum Gasteiger partial charge on any atom is -0.493 e. The molecule has 4 aromatic rings. The van der Waals surface area contributed by atoms with E-state index in [0.717, 1.165) is 11.1 Å². The Bertz CT molecular complexity index is 1270. The average molecular weight is 483 g/mol. The monoisotopic (exact) mass is 482 g/mol. The van der Waals surface area contributed by atoms with Gasteiger partial charge in [-0.3, -0.25) is 10.2 Å². The molecule has 33 heavy (non-hydrogen) atoms. The molecule has 0 unspecified atom stereocenters. The quantitative estimate of drug-likeness (QED) is 0.244. The van der Waals surface area contributed by atoms with Crippen LogP contribution in [0, 0.1) is 0 Å². The van der Waals surface area contributed by atoms with Crippen molar-refractivity contribution in [3.8, 4) is 22.8 Å². The van der Waals surface area contributed by atoms with Crippen LogP contribution in [0.2, 0.25) is 5.02 Å². The lowest BCUT2D eigenvalue weighted by molar-refractivity contribution is 0.0997. The first-order valence-electron chi connectivity index (χ1n) is 9.70. The number of nitrogens with one attached hydrogen (secondary N) is 2. The first-order chi connectivity index (χ1) is 16.1. The maximum atomic E-state index is 12.5. The van der Waals surface area contributed by atoms with E-state index in [2.05, 4.69) is 20.8 Å². The number of rotatable bonds is 8. The van der Waals surface area contributed by atoms with Crippen molar-refractivity contribution in [3.05, 3.63) is 77.2 Å². The molecule has 168 valence electrons. The summed E-state index contributed by atoms with van der Waals surface area (Å²) in [6.07, 6.45) is 3.07. The number of thiazole rings is 1. The van der Waals surface area contributed by atoms with Gasteiger partial charge in [0.15, 0.2) is 17.3 Å². The first-order valence-corrected chi connectivity index (χ1v) is 10.9. The maximum Gasteiger partial charge on any atom is 0.292 e. The number of carbonyl (C=O) groups excluding carboxylic acids is 1. The highest BCUT2D eigenvalue weighted by molar-refractivity contribution is 7.20. The van der Waals surface area contributed by atoms with E-state index < -0.39 is 0 Å². The Hall–Kier alpha value is -3.82. The summed E-state index contributed by atoms with van der Waals surface area (Å²) in [5, 5.41) is 8.75. The number of hydrazone groups is 1. The van der Waals surface area contributed by atoms with Crippen molar-refractivity contribution in [1.29, 1.82) is 0 Å². The van der Waals surface area contributed by atoms with Gasteiger partial charge in [0, 0.05) is 10.6 Å². The van der Waals surface area contributed by atoms with E-state index in [1.54, 1.807) is 56.8 Å². The van der Waals surface area contributed by atoms with Gasteiger partial charge in [0.2, 0.25) is 5.13 Å². The molecule has 0 bridgehead atoms. The molecule has 0 aliphatic rings. The predicted molar refractivity (Wildman–Crippen MR) is 130 cm³/mol. The van der Waals surface area contributed by atoms with Crippen LogP contribution in [0.15, 0.2) is 70.4 Å². The Morgan fingerprint density at radius 1 is 1.12 bits per heavy atom. The van der Waals surface area contributed by atoms with Gasteiger partial charge >= 0.3 is 0 Å². The summed E-state index contributed by atoms with van der Waals surface area (Å²) < 4.78 is 15.7. The average Bonchev–Trinajstić information content (AvgIpc) is 3.50. The van der Waals surface area contributed by atoms with Crippen molar-refractivity contribution in [2.45, 2.75) is 0 Å². The molecule has 0 atom stereocenters. The number of hydrogen-bond acceptors (Lipinski definition) is 8. The Kier molecular flexibility index (Phi) is 6.92. The van der Waals surface area contributed by atoms with E-state index >= 15 is 0 Å². The molecule has 0 saturated heterocycles. The number of methoxy groups -OCH3 is 2. The largest absolute Gasteiger partial charge is 0.493 e. The molecule has 10 heteroatoms. The summed E-state index contributed by atoms with van der Waals surface area (Å²) in [5.74, 6) is 1.06. The lowest BCUT2D eigenvalue weighted by atomic mass is 10.1. The van der Waals surface area contributed by atoms with Crippen LogP contribution in [-0.2, 0) is 0 Å². The fourth-order valence-corrected chi connectivity index (χ4v) is 3.88. The van der Waals surface area contributed by atoms with Crippen molar-refractivity contribution >= 4 is 45.2 Å². The summed E-state index contributed by atoms with van der Waals surface area (Å²) in [6.45, 7) is 0. The van der Waals surface area contributed by atoms with Crippen molar-refractivity contribution in [1.82, 2.24) is 4.98 Å². The molecular weight excluding hydrogens is 464 g/mol. The van der Waals surface area contributed by atoms with Gasteiger partial charge in [-0.2, -0.15) is 5.10 Å². The molecule has 8 nitrogen and oxygen atoms in total. The zero-order valence-corrected chi connectivity index (χ0v) is 19.2. The Morgan fingerprint density at radius 3 is 2.61 bits per heavy atom. The molecule has 0 aliphatic heterocycles. The number of hydrogen-bond donors (Lipinski definition) is 2. The zero-order chi connectivity index (χ0) is 23.2. The summed E-state index contributed by atoms with van der Waals surface area (Å²) in [4.78, 5) is 17.1. The van der Waals surface area contributed by atoms with Crippen LogP contribution < -0.4 is 20.2 Å². The van der Waals surface area contributed by atoms with E-state index in [0.29, 0.717) is 32.3 Å². The fraction of sp³-hybridized carbons (Fsp3) is 0.0870. The van der Waals surface area contributed by atoms with Crippen LogP contribution in [0.4, 0.5) is 10.1 Å². The minimum atomic E-state index is -0.376. The standard InChI is InChI=1S/C23H19ClN4O4S/c1-30-17-10-5-14(12-19(17)31-2)13-25-28-23-26-20(15-6-8-16(24)9-7-15)22(33-23)27-21(29)18-4-3-11-32-18/h3-13H,1-2H3,(H,26,28)(H,27,29)/b25-13-. The molecular formula is C23H19ClN4O4S. The fourth-order valence-electron chi connectivity index (χ4n) is 2.92. The summed E-state index contributed by atoms with van der Waals surface area (Å²) in [7, 11) is 3.15. The number of ether oxygens (including phenoxy) is 2. The molecule has 4 rings (SSSR count). The van der Waals surface area contributed by atoms with Crippen molar-refractivity contribution in [3.63, 3.8) is 0 Å². The molecule has 0 aliphatic carbocycles. The van der Waals surface area contributed by atoms with Gasteiger partial charge in [0.05, 0.1) is 26.7 Å². The number of halogens is 1. The SMILES string of the molecule is COc1ccc(/C=N\Nc2nc(-c3ccc(Cl)cc3)c(NC(=O)c3ccco3)s2)cc1OC. The number of anilines is 2. The second-order valence-electron chi connectivity index (χ2n) is 6.62. The summed E-state index contributed by atoms with van der Waals surface area (Å²) >= 11 is 7.26. The molecule has 2 N–H and O–H groups in total. The maximum absolute atomic E-state index is 12.5. The van der Waals surface area contributed by atoms with Gasteiger partial charge in [0.25, 0.3) is 5.91 Å². The smallest absolute Gasteiger partial charge is 0.292 e. The summed E-state index contributed by atoms with van der Waals surface area (Å²) in [5.41, 5.74) is 5.10. The highest BCUT2D eigenvalue weighted by atomic mass is 35.5. The molecule has 0 spiro atoms. The lowest BCUT2D eigenvalue weighted by Crippen LogP contribution is -2.10. The van der Waals surface area contributed by atoms with Gasteiger partial charge in [-0.05, 0) is 48.0 Å². The number of benzene rings is 2. The predicted octanol–water partition coefficient (Wildman–Crippen LogP) is 5.77. The molecule has 1 amide bonds. The van der Waals surface area contributed by atoms with Crippen LogP contribution in [-0.4, -0.2) is 31.3 Å². The van der Waals surface area contributed by atoms with E-state index in [-0.39, 0.29) is 11.7 Å². The Balaban J connectivity index is 1.57. The summed E-state index contributed by atoms with van der Waals surface area (Å²) in [6, 6.07) is 15.9. The van der Waals surface area contributed by atoms with Crippen molar-refractivity contribution in [2.75, 3.05) is 25.0 Å². The second-order valence-corrected chi connectivity index (χ2v) is 8.05. The number of nitrogens with zero attached hydrogens (tertiary/aromatic N) is 2. The second kappa shape index (κ2) is 10.2. The van der Waals surface area contributed by atoms with Gasteiger partial charge < -0.3 is 19.2 Å². The van der Waals surface area contributed by atoms with E-state index in [9.17, 15) is 4.79 Å². The van der Waals surface area contributed by atoms with Gasteiger partial charge in [-0.15, -0.1) is 0 Å². The van der Waals surface area contributed by atoms with Gasteiger partial charge in [0.1, 0.15) is 10.7 Å². The lowest BCUT2D eigenvalue weighted by Gasteiger charge is -2.07. The third kappa shape index (κ3) is 5.33. The minimum absolute atomic E-state index is 0.200. The van der Waals surface area contributed by atoms with E-state index in [1.807, 2.05) is 18.2 Å². The highest BCUT2D eigenvalue weighted by Crippen LogP contribution is 2.36. The van der Waals surface area contributed by atoms with Crippen molar-refractivity contribution < 1.29 is 18.7 Å². The van der Waals surface area contributed by atoms with Crippen LogP contribution >= 0.6 is 22.9 Å². The topological polar surface area (TPSA) is 98.0 Å². The van der Waals surface area contributed by atoms with Crippen LogP contribution in [0.1, 0.15) is 16.1 Å². The third-order valence-electron chi connectivity index (χ3n) is 4.50. The van der Waals surface area contributed by atoms with Crippen LogP contribution in [0.3, 0.4) is 0 Å². The van der Waals surface area contributed by atoms with Crippen LogP contribution in [0.25, 0.3) is 11.3 Å². The molecule has 0 fully saturated rings. The zero-order valence-electron chi connectivity index (χ0n) is 17.7. The third-order valence-corrected chi connectivity index (χ3v) is 5.63. The van der Waals surface area contributed by atoms with E-state index in [1.165, 1.54) is 17.6 Å². The number of furan rings is 1. The van der Waals surface area contributed by atoms with Crippen LogP contribution in [0.5, 0.6) is 11.5 Å². The van der Waals surface area contributed by atoms with E-state index in [4.69, 9.17) is 25.5 Å². The molecule has 2 aromatic carbocycles. The van der Waals surface area contributed by atoms with Gasteiger partial charge in [-0.25, -0.2) is 4.98 Å².